The molecule has 2 saturated carbocycles. The van der Waals surface area contributed by atoms with Crippen LogP contribution in [0.3, 0.4) is 0 Å². The predicted octanol–water partition coefficient (Wildman–Crippen LogP) is 10.4. The van der Waals surface area contributed by atoms with E-state index in [1.54, 1.807) is 5.56 Å². The van der Waals surface area contributed by atoms with Crippen LogP contribution in [0.1, 0.15) is 146 Å². The summed E-state index contributed by atoms with van der Waals surface area (Å²) in [7, 11) is 0. The average Bonchev–Trinajstić information content (AvgIpc) is 2.84. The van der Waals surface area contributed by atoms with Crippen molar-refractivity contribution in [2.24, 2.45) is 17.8 Å². The van der Waals surface area contributed by atoms with E-state index in [9.17, 15) is 0 Å². The second-order valence-corrected chi connectivity index (χ2v) is 11.6. The lowest BCUT2D eigenvalue weighted by molar-refractivity contribution is 0.177. The van der Waals surface area contributed by atoms with E-state index >= 15 is 0 Å². The Balaban J connectivity index is 1.30. The maximum Gasteiger partial charge on any atom is 0.119 e. The molecule has 0 heterocycles. The van der Waals surface area contributed by atoms with E-state index in [2.05, 4.69) is 39.0 Å². The number of ether oxygens (including phenoxy) is 1. The van der Waals surface area contributed by atoms with Crippen LogP contribution in [0.15, 0.2) is 18.2 Å². The molecule has 0 bridgehead atoms. The maximum atomic E-state index is 6.30. The summed E-state index contributed by atoms with van der Waals surface area (Å²) in [5.74, 6) is 4.62. The Kier molecular flexibility index (Phi) is 12.2. The van der Waals surface area contributed by atoms with Crippen molar-refractivity contribution >= 4 is 0 Å². The number of aryl methyl sites for hydroxylation is 1. The lowest BCUT2D eigenvalue weighted by Gasteiger charge is -2.30. The van der Waals surface area contributed by atoms with Crippen molar-refractivity contribution in [3.05, 3.63) is 29.3 Å². The van der Waals surface area contributed by atoms with E-state index < -0.39 is 0 Å². The highest BCUT2D eigenvalue weighted by atomic mass is 16.5. The minimum atomic E-state index is 0.768. The molecule has 2 aliphatic carbocycles. The number of hydrogen-bond acceptors (Lipinski definition) is 1. The molecule has 33 heavy (non-hydrogen) atoms. The van der Waals surface area contributed by atoms with Gasteiger partial charge in [-0.3, -0.25) is 0 Å². The fourth-order valence-corrected chi connectivity index (χ4v) is 6.66. The van der Waals surface area contributed by atoms with E-state index in [-0.39, 0.29) is 0 Å². The van der Waals surface area contributed by atoms with E-state index in [0.29, 0.717) is 0 Å². The Bertz CT molecular complexity index is 634. The highest BCUT2D eigenvalue weighted by Crippen LogP contribution is 2.39. The summed E-state index contributed by atoms with van der Waals surface area (Å²) in [5, 5.41) is 0. The van der Waals surface area contributed by atoms with E-state index in [1.165, 1.54) is 121 Å². The van der Waals surface area contributed by atoms with Crippen LogP contribution in [0, 0.1) is 24.7 Å². The Hall–Kier alpha value is -0.980. The third-order valence-corrected chi connectivity index (χ3v) is 8.89. The summed E-state index contributed by atoms with van der Waals surface area (Å²) in [6, 6.07) is 6.96. The van der Waals surface area contributed by atoms with Crippen LogP contribution >= 0.6 is 0 Å². The minimum absolute atomic E-state index is 0.768. The molecule has 0 aromatic heterocycles. The Morgan fingerprint density at radius 3 is 1.94 bits per heavy atom. The second-order valence-electron chi connectivity index (χ2n) is 11.6. The van der Waals surface area contributed by atoms with Crippen molar-refractivity contribution in [3.63, 3.8) is 0 Å². The number of rotatable bonds is 14. The Morgan fingerprint density at radius 1 is 0.667 bits per heavy atom. The minimum Gasteiger partial charge on any atom is -0.493 e. The smallest absolute Gasteiger partial charge is 0.119 e. The zero-order valence-corrected chi connectivity index (χ0v) is 22.4. The van der Waals surface area contributed by atoms with E-state index in [0.717, 1.165) is 36.0 Å². The summed E-state index contributed by atoms with van der Waals surface area (Å²) in [6.45, 7) is 7.86. The summed E-state index contributed by atoms with van der Waals surface area (Å²) < 4.78 is 6.30. The topological polar surface area (TPSA) is 9.23 Å². The van der Waals surface area contributed by atoms with Gasteiger partial charge < -0.3 is 4.74 Å². The lowest BCUT2D eigenvalue weighted by atomic mass is 9.76. The van der Waals surface area contributed by atoms with Gasteiger partial charge >= 0.3 is 0 Å². The van der Waals surface area contributed by atoms with Crippen LogP contribution in [-0.2, 0) is 0 Å². The first-order chi connectivity index (χ1) is 16.2. The van der Waals surface area contributed by atoms with E-state index in [1.807, 2.05) is 0 Å². The first kappa shape index (κ1) is 26.6. The average molecular weight is 455 g/mol. The number of unbranched alkanes of at least 4 members (excludes halogenated alkanes) is 6. The molecule has 1 aromatic rings. The fourth-order valence-electron chi connectivity index (χ4n) is 6.66. The van der Waals surface area contributed by atoms with Crippen LogP contribution < -0.4 is 4.74 Å². The lowest BCUT2D eigenvalue weighted by Crippen LogP contribution is -2.20. The third kappa shape index (κ3) is 9.29. The van der Waals surface area contributed by atoms with Crippen LogP contribution in [-0.4, -0.2) is 6.61 Å². The molecular formula is C32H54O. The van der Waals surface area contributed by atoms with Gasteiger partial charge in [0.25, 0.3) is 0 Å². The molecule has 188 valence electrons. The molecule has 0 atom stereocenters. The van der Waals surface area contributed by atoms with E-state index in [4.69, 9.17) is 4.74 Å². The maximum absolute atomic E-state index is 6.30. The van der Waals surface area contributed by atoms with Crippen molar-refractivity contribution in [2.45, 2.75) is 142 Å². The Labute approximate surface area is 206 Å². The Morgan fingerprint density at radius 2 is 1.27 bits per heavy atom. The normalized spacial score (nSPS) is 25.8. The van der Waals surface area contributed by atoms with Gasteiger partial charge in [0.15, 0.2) is 0 Å². The fraction of sp³-hybridized carbons (Fsp3) is 0.812. The highest BCUT2D eigenvalue weighted by molar-refractivity contribution is 5.37. The van der Waals surface area contributed by atoms with Gasteiger partial charge in [-0.1, -0.05) is 97.0 Å². The SMILES string of the molecule is CCCCCCCCC[C@H]1CC[C@H](COc2ccc([C@H]3CC[C@H](CCC)CC3)c(C)c2)CC1. The number of benzene rings is 1. The monoisotopic (exact) mass is 454 g/mol. The van der Waals surface area contributed by atoms with Crippen LogP contribution in [0.25, 0.3) is 0 Å². The summed E-state index contributed by atoms with van der Waals surface area (Å²) in [6.07, 6.45) is 25.6. The molecule has 3 rings (SSSR count). The van der Waals surface area contributed by atoms with Crippen molar-refractivity contribution in [3.8, 4) is 5.75 Å². The molecule has 0 radical (unpaired) electrons. The zero-order valence-electron chi connectivity index (χ0n) is 22.4. The first-order valence-corrected chi connectivity index (χ1v) is 14.9. The van der Waals surface area contributed by atoms with Gasteiger partial charge in [0, 0.05) is 0 Å². The van der Waals surface area contributed by atoms with Crippen molar-refractivity contribution in [1.29, 1.82) is 0 Å². The molecule has 1 aromatic carbocycles. The predicted molar refractivity (Wildman–Crippen MR) is 144 cm³/mol. The number of hydrogen-bond donors (Lipinski definition) is 0. The molecule has 1 nitrogen and oxygen atoms in total. The van der Waals surface area contributed by atoms with Crippen LogP contribution in [0.2, 0.25) is 0 Å². The molecule has 0 N–H and O–H groups in total. The van der Waals surface area contributed by atoms with Crippen LogP contribution in [0.4, 0.5) is 0 Å². The third-order valence-electron chi connectivity index (χ3n) is 8.89. The molecule has 1 heteroatoms. The molecule has 2 fully saturated rings. The highest BCUT2D eigenvalue weighted by Gasteiger charge is 2.24. The van der Waals surface area contributed by atoms with Gasteiger partial charge in [0.2, 0.25) is 0 Å². The standard InChI is InChI=1S/C32H54O/c1-4-6-7-8-9-10-11-13-28-14-16-29(17-15-28)25-33-31-22-23-32(26(3)24-31)30-20-18-27(12-5-2)19-21-30/h22-24,27-30H,4-21,25H2,1-3H3/t27-,28-,29-,30-. The zero-order chi connectivity index (χ0) is 23.3. The van der Waals surface area contributed by atoms with Gasteiger partial charge in [-0.15, -0.1) is 0 Å². The van der Waals surface area contributed by atoms with Gasteiger partial charge in [0.1, 0.15) is 5.75 Å². The van der Waals surface area contributed by atoms with Crippen molar-refractivity contribution in [2.75, 3.05) is 6.61 Å². The molecule has 0 unspecified atom stereocenters. The summed E-state index contributed by atoms with van der Waals surface area (Å²) in [4.78, 5) is 0. The van der Waals surface area contributed by atoms with Gasteiger partial charge in [0.05, 0.1) is 6.61 Å². The first-order valence-electron chi connectivity index (χ1n) is 14.9. The van der Waals surface area contributed by atoms with Crippen molar-refractivity contribution in [1.82, 2.24) is 0 Å². The van der Waals surface area contributed by atoms with Gasteiger partial charge in [-0.05, 0) is 92.4 Å². The molecule has 2 aliphatic rings. The van der Waals surface area contributed by atoms with Crippen LogP contribution in [0.5, 0.6) is 5.75 Å². The molecule has 0 aliphatic heterocycles. The summed E-state index contributed by atoms with van der Waals surface area (Å²) >= 11 is 0. The largest absolute Gasteiger partial charge is 0.493 e. The van der Waals surface area contributed by atoms with Gasteiger partial charge in [-0.25, -0.2) is 0 Å². The molecule has 0 saturated heterocycles. The van der Waals surface area contributed by atoms with Gasteiger partial charge in [-0.2, -0.15) is 0 Å². The second kappa shape index (κ2) is 15.1. The molecular weight excluding hydrogens is 400 g/mol. The van der Waals surface area contributed by atoms with Crippen molar-refractivity contribution < 1.29 is 4.74 Å². The molecule has 0 spiro atoms. The quantitative estimate of drug-likeness (QED) is 0.254. The molecule has 0 amide bonds. The summed E-state index contributed by atoms with van der Waals surface area (Å²) in [5.41, 5.74) is 3.04.